The third-order valence-corrected chi connectivity index (χ3v) is 5.46. The van der Waals surface area contributed by atoms with Crippen LogP contribution in [0.3, 0.4) is 0 Å². The Hall–Kier alpha value is -1.24. The number of fused-ring (bicyclic) bond motifs is 1. The van der Waals surface area contributed by atoms with Crippen molar-refractivity contribution in [3.63, 3.8) is 0 Å². The van der Waals surface area contributed by atoms with Gasteiger partial charge in [0.1, 0.15) is 0 Å². The number of hydrogen-bond donors (Lipinski definition) is 0. The molecule has 0 aliphatic carbocycles. The zero-order chi connectivity index (χ0) is 11.5. The molecule has 2 aromatic rings. The first-order valence-corrected chi connectivity index (χ1v) is 7.90. The first-order chi connectivity index (χ1) is 8.43. The van der Waals surface area contributed by atoms with E-state index in [0.717, 1.165) is 12.4 Å². The van der Waals surface area contributed by atoms with E-state index in [4.69, 9.17) is 4.74 Å². The van der Waals surface area contributed by atoms with Crippen LogP contribution in [0, 0.1) is 0 Å². The Morgan fingerprint density at radius 2 is 1.76 bits per heavy atom. The van der Waals surface area contributed by atoms with Crippen LogP contribution in [0.25, 0.3) is 0 Å². The van der Waals surface area contributed by atoms with Gasteiger partial charge >= 0.3 is 108 Å². The van der Waals surface area contributed by atoms with Crippen LogP contribution in [-0.4, -0.2) is 21.6 Å². The molecule has 1 heterocycles. The van der Waals surface area contributed by atoms with Crippen LogP contribution in [0.5, 0.6) is 5.75 Å². The summed E-state index contributed by atoms with van der Waals surface area (Å²) >= 11 is 0.548. The van der Waals surface area contributed by atoms with Gasteiger partial charge in [-0.1, -0.05) is 0 Å². The molecule has 0 saturated heterocycles. The van der Waals surface area contributed by atoms with Crippen molar-refractivity contribution in [3.8, 4) is 5.75 Å². The Balaban J connectivity index is 1.68. The Labute approximate surface area is 108 Å². The van der Waals surface area contributed by atoms with Crippen molar-refractivity contribution < 1.29 is 4.74 Å². The van der Waals surface area contributed by atoms with E-state index in [0.29, 0.717) is 20.9 Å². The summed E-state index contributed by atoms with van der Waals surface area (Å²) < 4.78 is 7.19. The maximum absolute atomic E-state index is 5.71. The van der Waals surface area contributed by atoms with Crippen molar-refractivity contribution in [3.05, 3.63) is 60.2 Å². The van der Waals surface area contributed by atoms with Crippen molar-refractivity contribution in [1.29, 1.82) is 0 Å². The first kappa shape index (κ1) is 10.9. The van der Waals surface area contributed by atoms with Crippen LogP contribution in [0.4, 0.5) is 0 Å². The van der Waals surface area contributed by atoms with Crippen molar-refractivity contribution in [2.24, 2.45) is 0 Å². The van der Waals surface area contributed by atoms with Gasteiger partial charge in [0.2, 0.25) is 0 Å². The SMILES string of the molecule is c1ccc([Se]CC2COc3ccccc32)cc1. The molecule has 2 heteroatoms. The summed E-state index contributed by atoms with van der Waals surface area (Å²) in [5, 5.41) is 1.23. The summed E-state index contributed by atoms with van der Waals surface area (Å²) in [7, 11) is 0. The van der Waals surface area contributed by atoms with Gasteiger partial charge < -0.3 is 0 Å². The number of ether oxygens (including phenoxy) is 1. The molecule has 86 valence electrons. The molecule has 1 atom stereocenters. The average molecular weight is 289 g/mol. The molecule has 0 bridgehead atoms. The van der Waals surface area contributed by atoms with E-state index in [1.807, 2.05) is 6.07 Å². The van der Waals surface area contributed by atoms with E-state index in [1.165, 1.54) is 15.3 Å². The zero-order valence-corrected chi connectivity index (χ0v) is 11.2. The molecule has 1 aliphatic heterocycles. The fraction of sp³-hybridized carbons (Fsp3) is 0.200. The summed E-state index contributed by atoms with van der Waals surface area (Å²) in [5.41, 5.74) is 1.39. The molecule has 17 heavy (non-hydrogen) atoms. The maximum atomic E-state index is 5.71. The summed E-state index contributed by atoms with van der Waals surface area (Å²) in [6.45, 7) is 0.855. The molecule has 0 radical (unpaired) electrons. The second-order valence-corrected chi connectivity index (χ2v) is 6.46. The Kier molecular flexibility index (Phi) is 3.17. The van der Waals surface area contributed by atoms with E-state index in [-0.39, 0.29) is 0 Å². The predicted octanol–water partition coefficient (Wildman–Crippen LogP) is 2.61. The van der Waals surface area contributed by atoms with Gasteiger partial charge in [-0.2, -0.15) is 0 Å². The van der Waals surface area contributed by atoms with E-state index in [2.05, 4.69) is 48.5 Å². The quantitative estimate of drug-likeness (QED) is 0.789. The zero-order valence-electron chi connectivity index (χ0n) is 9.50. The normalized spacial score (nSPS) is 17.5. The van der Waals surface area contributed by atoms with Gasteiger partial charge in [0.15, 0.2) is 0 Å². The Morgan fingerprint density at radius 1 is 1.00 bits per heavy atom. The fourth-order valence-electron chi connectivity index (χ4n) is 2.08. The fourth-order valence-corrected chi connectivity index (χ4v) is 4.22. The molecule has 0 fully saturated rings. The molecule has 0 saturated carbocycles. The van der Waals surface area contributed by atoms with Gasteiger partial charge in [-0.3, -0.25) is 0 Å². The van der Waals surface area contributed by atoms with Gasteiger partial charge in [-0.05, 0) is 0 Å². The van der Waals surface area contributed by atoms with E-state index in [1.54, 1.807) is 0 Å². The molecule has 2 aromatic carbocycles. The van der Waals surface area contributed by atoms with Crippen molar-refractivity contribution in [1.82, 2.24) is 0 Å². The summed E-state index contributed by atoms with van der Waals surface area (Å²) in [6.07, 6.45) is 0. The summed E-state index contributed by atoms with van der Waals surface area (Å²) in [6, 6.07) is 19.2. The third-order valence-electron chi connectivity index (χ3n) is 2.99. The monoisotopic (exact) mass is 290 g/mol. The van der Waals surface area contributed by atoms with E-state index in [9.17, 15) is 0 Å². The number of rotatable bonds is 3. The van der Waals surface area contributed by atoms with Crippen LogP contribution >= 0.6 is 0 Å². The van der Waals surface area contributed by atoms with Crippen LogP contribution in [0.2, 0.25) is 5.32 Å². The van der Waals surface area contributed by atoms with Crippen LogP contribution in [0.15, 0.2) is 54.6 Å². The minimum absolute atomic E-state index is 0.548. The third kappa shape index (κ3) is 2.38. The van der Waals surface area contributed by atoms with Gasteiger partial charge in [0.05, 0.1) is 0 Å². The standard InChI is InChI=1S/C15H14OSe/c1-2-6-13(7-3-1)17-11-12-10-16-15-9-5-4-8-14(12)15/h1-9,12H,10-11H2. The second-order valence-electron chi connectivity index (χ2n) is 4.17. The molecule has 0 aromatic heterocycles. The summed E-state index contributed by atoms with van der Waals surface area (Å²) in [5.74, 6) is 1.67. The molecular formula is C15H14OSe. The second kappa shape index (κ2) is 4.95. The Bertz CT molecular complexity index is 495. The molecule has 1 nitrogen and oxygen atoms in total. The van der Waals surface area contributed by atoms with E-state index < -0.39 is 0 Å². The summed E-state index contributed by atoms with van der Waals surface area (Å²) in [4.78, 5) is 0. The van der Waals surface area contributed by atoms with Crippen LogP contribution in [-0.2, 0) is 0 Å². The minimum atomic E-state index is 0.548. The van der Waals surface area contributed by atoms with Crippen molar-refractivity contribution in [2.45, 2.75) is 11.2 Å². The molecule has 0 spiro atoms. The van der Waals surface area contributed by atoms with Gasteiger partial charge in [0.25, 0.3) is 0 Å². The number of benzene rings is 2. The number of hydrogen-bond acceptors (Lipinski definition) is 1. The van der Waals surface area contributed by atoms with Gasteiger partial charge in [-0.25, -0.2) is 0 Å². The number of para-hydroxylation sites is 1. The van der Waals surface area contributed by atoms with Gasteiger partial charge in [-0.15, -0.1) is 0 Å². The van der Waals surface area contributed by atoms with Crippen LogP contribution < -0.4 is 9.20 Å². The van der Waals surface area contributed by atoms with Crippen LogP contribution in [0.1, 0.15) is 11.5 Å². The molecule has 1 unspecified atom stereocenters. The van der Waals surface area contributed by atoms with Crippen molar-refractivity contribution >= 4 is 19.4 Å². The molecule has 3 rings (SSSR count). The van der Waals surface area contributed by atoms with E-state index >= 15 is 0 Å². The van der Waals surface area contributed by atoms with Gasteiger partial charge in [0, 0.05) is 0 Å². The predicted molar refractivity (Wildman–Crippen MR) is 71.3 cm³/mol. The topological polar surface area (TPSA) is 9.23 Å². The average Bonchev–Trinajstić information content (AvgIpc) is 2.81. The first-order valence-electron chi connectivity index (χ1n) is 5.83. The molecule has 0 amide bonds. The molecule has 1 aliphatic rings. The van der Waals surface area contributed by atoms with Crippen molar-refractivity contribution in [2.75, 3.05) is 6.61 Å². The Morgan fingerprint density at radius 3 is 2.65 bits per heavy atom. The molecular weight excluding hydrogens is 275 g/mol. The molecule has 0 N–H and O–H groups in total.